The Morgan fingerprint density at radius 1 is 1.35 bits per heavy atom. The van der Waals surface area contributed by atoms with Crippen LogP contribution in [0, 0.1) is 23.0 Å². The second-order valence-corrected chi connectivity index (χ2v) is 5.19. The number of nitrogen functional groups attached to an aromatic ring is 1. The van der Waals surface area contributed by atoms with Crippen LogP contribution in [-0.4, -0.2) is 21.0 Å². The van der Waals surface area contributed by atoms with Gasteiger partial charge < -0.3 is 4.74 Å². The number of nitrogens with two attached hydrogens (primary N) is 1. The van der Waals surface area contributed by atoms with Crippen LogP contribution in [0.1, 0.15) is 38.3 Å². The van der Waals surface area contributed by atoms with Gasteiger partial charge in [0, 0.05) is 0 Å². The molecule has 1 fully saturated rings. The van der Waals surface area contributed by atoms with Gasteiger partial charge >= 0.3 is 5.69 Å². The summed E-state index contributed by atoms with van der Waals surface area (Å²) in [5.41, 5.74) is 2.34. The van der Waals surface area contributed by atoms with Crippen molar-refractivity contribution in [3.05, 3.63) is 15.8 Å². The van der Waals surface area contributed by atoms with Gasteiger partial charge in [0.1, 0.15) is 11.8 Å². The van der Waals surface area contributed by atoms with E-state index in [0.717, 1.165) is 25.7 Å². The second kappa shape index (κ2) is 6.00. The highest BCUT2D eigenvalue weighted by Gasteiger charge is 2.27. The summed E-state index contributed by atoms with van der Waals surface area (Å²) in [6, 6.07) is 0. The third-order valence-electron chi connectivity index (χ3n) is 3.58. The Hall–Kier alpha value is -1.96. The largest absolute Gasteiger partial charge is 0.469 e. The Balaban J connectivity index is 2.24. The van der Waals surface area contributed by atoms with Gasteiger partial charge in [-0.05, 0) is 38.5 Å². The fraction of sp³-hybridized carbons (Fsp3) is 0.667. The Morgan fingerprint density at radius 3 is 2.55 bits per heavy atom. The van der Waals surface area contributed by atoms with Gasteiger partial charge in [0.25, 0.3) is 5.88 Å². The van der Waals surface area contributed by atoms with Crippen molar-refractivity contribution in [3.8, 4) is 5.88 Å². The molecular weight excluding hydrogens is 262 g/mol. The molecule has 1 aromatic heterocycles. The number of rotatable bonds is 4. The number of nitro groups is 1. The molecule has 0 saturated heterocycles. The number of hydrogen-bond donors (Lipinski definition) is 2. The Kier molecular flexibility index (Phi) is 4.33. The molecule has 1 aromatic rings. The molecule has 3 N–H and O–H groups in total. The predicted molar refractivity (Wildman–Crippen MR) is 73.3 cm³/mol. The van der Waals surface area contributed by atoms with Crippen LogP contribution in [-0.2, 0) is 0 Å². The topological polar surface area (TPSA) is 116 Å². The summed E-state index contributed by atoms with van der Waals surface area (Å²) in [5, 5.41) is 11.1. The van der Waals surface area contributed by atoms with E-state index in [0.29, 0.717) is 5.92 Å². The van der Waals surface area contributed by atoms with Crippen molar-refractivity contribution in [3.63, 3.8) is 0 Å². The van der Waals surface area contributed by atoms with Crippen molar-refractivity contribution < 1.29 is 9.66 Å². The van der Waals surface area contributed by atoms with Crippen LogP contribution in [0.15, 0.2) is 0 Å². The fourth-order valence-electron chi connectivity index (χ4n) is 2.40. The molecule has 1 saturated carbocycles. The van der Waals surface area contributed by atoms with E-state index in [9.17, 15) is 10.1 Å². The minimum atomic E-state index is -0.517. The number of aryl methyl sites for hydroxylation is 1. The monoisotopic (exact) mass is 281 g/mol. The lowest BCUT2D eigenvalue weighted by molar-refractivity contribution is -0.387. The van der Waals surface area contributed by atoms with Gasteiger partial charge in [-0.15, -0.1) is 0 Å². The standard InChI is InChI=1S/C12H19N5O3/c1-7-3-5-9(6-4-7)20-11-10(17(18)19)8(2)14-12(15-11)16-13/h7,9H,3-6,13H2,1-2H3,(H,14,15,16). The molecule has 8 nitrogen and oxygen atoms in total. The minimum absolute atomic E-state index is 0.00463. The predicted octanol–water partition coefficient (Wildman–Crippen LogP) is 1.94. The molecule has 20 heavy (non-hydrogen) atoms. The first-order valence-electron chi connectivity index (χ1n) is 6.67. The van der Waals surface area contributed by atoms with Crippen molar-refractivity contribution in [1.29, 1.82) is 0 Å². The molecule has 1 aliphatic rings. The van der Waals surface area contributed by atoms with E-state index in [1.165, 1.54) is 6.92 Å². The van der Waals surface area contributed by atoms with Crippen LogP contribution < -0.4 is 16.0 Å². The molecule has 0 aliphatic heterocycles. The zero-order valence-electron chi connectivity index (χ0n) is 11.6. The van der Waals surface area contributed by atoms with Crippen molar-refractivity contribution >= 4 is 11.6 Å². The highest BCUT2D eigenvalue weighted by atomic mass is 16.6. The number of nitrogens with zero attached hydrogens (tertiary/aromatic N) is 3. The number of hydrazine groups is 1. The summed E-state index contributed by atoms with van der Waals surface area (Å²) in [6.45, 7) is 3.74. The van der Waals surface area contributed by atoms with Gasteiger partial charge in [-0.1, -0.05) is 6.92 Å². The lowest BCUT2D eigenvalue weighted by atomic mass is 9.89. The molecule has 0 unspecified atom stereocenters. The molecule has 8 heteroatoms. The van der Waals surface area contributed by atoms with Gasteiger partial charge in [-0.3, -0.25) is 15.5 Å². The molecule has 0 amide bonds. The van der Waals surface area contributed by atoms with Crippen LogP contribution in [0.2, 0.25) is 0 Å². The van der Waals surface area contributed by atoms with Crippen LogP contribution in [0.4, 0.5) is 11.6 Å². The summed E-state index contributed by atoms with van der Waals surface area (Å²) in [6.07, 6.45) is 3.85. The van der Waals surface area contributed by atoms with E-state index in [1.807, 2.05) is 0 Å². The molecule has 0 atom stereocenters. The molecular formula is C12H19N5O3. The number of nitrogens with one attached hydrogen (secondary N) is 1. The summed E-state index contributed by atoms with van der Waals surface area (Å²) in [7, 11) is 0. The number of hydrogen-bond acceptors (Lipinski definition) is 7. The Morgan fingerprint density at radius 2 is 2.00 bits per heavy atom. The van der Waals surface area contributed by atoms with Gasteiger partial charge in [0.15, 0.2) is 0 Å². The molecule has 0 aromatic carbocycles. The Labute approximate surface area is 116 Å². The number of aromatic nitrogens is 2. The van der Waals surface area contributed by atoms with Gasteiger partial charge in [-0.25, -0.2) is 10.8 Å². The first-order chi connectivity index (χ1) is 9.51. The lowest BCUT2D eigenvalue weighted by Crippen LogP contribution is -2.24. The molecule has 110 valence electrons. The number of anilines is 1. The van der Waals surface area contributed by atoms with E-state index in [2.05, 4.69) is 22.3 Å². The Bertz CT molecular complexity index is 500. The van der Waals surface area contributed by atoms with E-state index >= 15 is 0 Å². The van der Waals surface area contributed by atoms with E-state index in [1.54, 1.807) is 0 Å². The zero-order chi connectivity index (χ0) is 14.7. The molecule has 0 radical (unpaired) electrons. The summed E-state index contributed by atoms with van der Waals surface area (Å²) in [5.74, 6) is 6.06. The van der Waals surface area contributed by atoms with Gasteiger partial charge in [0.05, 0.1) is 4.92 Å². The molecule has 2 rings (SSSR count). The third-order valence-corrected chi connectivity index (χ3v) is 3.58. The van der Waals surface area contributed by atoms with Gasteiger partial charge in [0.2, 0.25) is 5.95 Å². The van der Waals surface area contributed by atoms with Crippen molar-refractivity contribution in [2.45, 2.75) is 45.6 Å². The van der Waals surface area contributed by atoms with Crippen LogP contribution in [0.25, 0.3) is 0 Å². The van der Waals surface area contributed by atoms with Crippen LogP contribution in [0.3, 0.4) is 0 Å². The molecule has 1 aliphatic carbocycles. The fourth-order valence-corrected chi connectivity index (χ4v) is 2.40. The van der Waals surface area contributed by atoms with E-state index in [4.69, 9.17) is 10.6 Å². The third kappa shape index (κ3) is 3.13. The average Bonchev–Trinajstić information content (AvgIpc) is 2.40. The maximum Gasteiger partial charge on any atom is 0.352 e. The maximum absolute atomic E-state index is 11.1. The second-order valence-electron chi connectivity index (χ2n) is 5.19. The lowest BCUT2D eigenvalue weighted by Gasteiger charge is -2.26. The summed E-state index contributed by atoms with van der Waals surface area (Å²) < 4.78 is 5.73. The highest BCUT2D eigenvalue weighted by Crippen LogP contribution is 2.32. The molecule has 0 bridgehead atoms. The maximum atomic E-state index is 11.1. The quantitative estimate of drug-likeness (QED) is 0.492. The van der Waals surface area contributed by atoms with Crippen molar-refractivity contribution in [2.75, 3.05) is 5.43 Å². The van der Waals surface area contributed by atoms with Gasteiger partial charge in [-0.2, -0.15) is 4.98 Å². The highest BCUT2D eigenvalue weighted by molar-refractivity contribution is 5.48. The van der Waals surface area contributed by atoms with Crippen LogP contribution >= 0.6 is 0 Å². The minimum Gasteiger partial charge on any atom is -0.469 e. The van der Waals surface area contributed by atoms with Crippen molar-refractivity contribution in [2.24, 2.45) is 11.8 Å². The van der Waals surface area contributed by atoms with Crippen molar-refractivity contribution in [1.82, 2.24) is 9.97 Å². The van der Waals surface area contributed by atoms with E-state index in [-0.39, 0.29) is 29.3 Å². The number of ether oxygens (including phenoxy) is 1. The normalized spacial score (nSPS) is 22.4. The molecule has 0 spiro atoms. The van der Waals surface area contributed by atoms with Crippen LogP contribution in [0.5, 0.6) is 5.88 Å². The first-order valence-corrected chi connectivity index (χ1v) is 6.67. The smallest absolute Gasteiger partial charge is 0.352 e. The summed E-state index contributed by atoms with van der Waals surface area (Å²) >= 11 is 0. The summed E-state index contributed by atoms with van der Waals surface area (Å²) in [4.78, 5) is 18.5. The van der Waals surface area contributed by atoms with E-state index < -0.39 is 4.92 Å². The average molecular weight is 281 g/mol. The molecule has 1 heterocycles. The first kappa shape index (κ1) is 14.4. The zero-order valence-corrected chi connectivity index (χ0v) is 11.6. The SMILES string of the molecule is Cc1nc(NN)nc(OC2CCC(C)CC2)c1[N+](=O)[O-].